The van der Waals surface area contributed by atoms with Gasteiger partial charge >= 0.3 is 0 Å². The van der Waals surface area contributed by atoms with Gasteiger partial charge in [-0.25, -0.2) is 4.39 Å². The van der Waals surface area contributed by atoms with Crippen LogP contribution in [0.25, 0.3) is 10.9 Å². The number of benzene rings is 2. The van der Waals surface area contributed by atoms with Gasteiger partial charge in [0.15, 0.2) is 0 Å². The lowest BCUT2D eigenvalue weighted by Gasteiger charge is -2.24. The second-order valence-corrected chi connectivity index (χ2v) is 6.27. The van der Waals surface area contributed by atoms with Crippen LogP contribution in [0.4, 0.5) is 4.39 Å². The Morgan fingerprint density at radius 3 is 2.36 bits per heavy atom. The maximum absolute atomic E-state index is 13.5. The number of nitrogens with zero attached hydrogens (tertiary/aromatic N) is 2. The molecule has 1 unspecified atom stereocenters. The molecule has 1 aliphatic heterocycles. The summed E-state index contributed by atoms with van der Waals surface area (Å²) in [4.78, 5) is 30.7. The van der Waals surface area contributed by atoms with E-state index < -0.39 is 11.9 Å². The Morgan fingerprint density at radius 1 is 1.08 bits per heavy atom. The lowest BCUT2D eigenvalue weighted by Crippen LogP contribution is -2.32. The number of amides is 2. The van der Waals surface area contributed by atoms with Gasteiger partial charge in [-0.3, -0.25) is 19.5 Å². The van der Waals surface area contributed by atoms with Crippen LogP contribution in [0, 0.1) is 5.82 Å². The monoisotopic (exact) mass is 354 g/mol. The molecule has 0 spiro atoms. The highest BCUT2D eigenvalue weighted by molar-refractivity contribution is 6.36. The summed E-state index contributed by atoms with van der Waals surface area (Å²) in [7, 11) is 0. The van der Waals surface area contributed by atoms with Crippen molar-refractivity contribution in [1.29, 1.82) is 0 Å². The van der Waals surface area contributed by atoms with Crippen LogP contribution in [0.5, 0.6) is 0 Å². The fourth-order valence-electron chi connectivity index (χ4n) is 3.14. The van der Waals surface area contributed by atoms with E-state index in [-0.39, 0.29) is 16.8 Å². The van der Waals surface area contributed by atoms with Gasteiger partial charge in [0.05, 0.1) is 27.7 Å². The molecule has 2 heterocycles. The van der Waals surface area contributed by atoms with Crippen molar-refractivity contribution in [3.63, 3.8) is 0 Å². The normalized spacial score (nSPS) is 14.9. The number of rotatable bonds is 2. The Bertz CT molecular complexity index is 1020. The van der Waals surface area contributed by atoms with Crippen LogP contribution in [-0.4, -0.2) is 21.7 Å². The van der Waals surface area contributed by atoms with Crippen molar-refractivity contribution in [2.45, 2.75) is 13.0 Å². The second-order valence-electron chi connectivity index (χ2n) is 5.89. The zero-order valence-electron chi connectivity index (χ0n) is 13.2. The lowest BCUT2D eigenvalue weighted by atomic mass is 10.1. The number of pyridine rings is 1. The van der Waals surface area contributed by atoms with Gasteiger partial charge < -0.3 is 0 Å². The molecule has 1 aromatic heterocycles. The second kappa shape index (κ2) is 5.63. The largest absolute Gasteiger partial charge is 0.269 e. The van der Waals surface area contributed by atoms with Gasteiger partial charge in [0, 0.05) is 17.1 Å². The molecule has 0 bridgehead atoms. The van der Waals surface area contributed by atoms with Gasteiger partial charge in [-0.05, 0) is 37.3 Å². The van der Waals surface area contributed by atoms with Crippen molar-refractivity contribution in [2.24, 2.45) is 0 Å². The van der Waals surface area contributed by atoms with E-state index in [0.717, 1.165) is 0 Å². The molecule has 0 saturated carbocycles. The summed E-state index contributed by atoms with van der Waals surface area (Å²) in [5.74, 6) is -1.17. The van der Waals surface area contributed by atoms with Gasteiger partial charge in [0.25, 0.3) is 11.8 Å². The van der Waals surface area contributed by atoms with Crippen molar-refractivity contribution in [2.75, 3.05) is 0 Å². The number of hydrogen-bond donors (Lipinski definition) is 0. The average molecular weight is 355 g/mol. The molecule has 0 fully saturated rings. The van der Waals surface area contributed by atoms with Gasteiger partial charge in [-0.2, -0.15) is 0 Å². The van der Waals surface area contributed by atoms with Crippen molar-refractivity contribution in [3.8, 4) is 0 Å². The van der Waals surface area contributed by atoms with Crippen LogP contribution in [0.3, 0.4) is 0 Å². The molecule has 3 aromatic rings. The van der Waals surface area contributed by atoms with E-state index >= 15 is 0 Å². The van der Waals surface area contributed by atoms with E-state index in [2.05, 4.69) is 4.98 Å². The first-order valence-electron chi connectivity index (χ1n) is 7.69. The van der Waals surface area contributed by atoms with Crippen LogP contribution in [0.1, 0.15) is 39.2 Å². The number of carbonyl (C=O) groups is 2. The van der Waals surface area contributed by atoms with Crippen LogP contribution < -0.4 is 0 Å². The summed E-state index contributed by atoms with van der Waals surface area (Å²) in [6, 6.07) is 10.2. The fraction of sp³-hybridized carbons (Fsp3) is 0.105. The van der Waals surface area contributed by atoms with Gasteiger partial charge in [0.1, 0.15) is 5.82 Å². The van der Waals surface area contributed by atoms with E-state index in [1.165, 1.54) is 29.3 Å². The van der Waals surface area contributed by atoms with Crippen molar-refractivity contribution < 1.29 is 14.0 Å². The molecule has 25 heavy (non-hydrogen) atoms. The number of halogens is 2. The highest BCUT2D eigenvalue weighted by Crippen LogP contribution is 2.36. The molecule has 0 N–H and O–H groups in total. The molecular formula is C19H12ClFN2O2. The SMILES string of the molecule is CC(c1cnc2ccc(F)cc2c1Cl)N1C(=O)c2ccccc2C1=O. The van der Waals surface area contributed by atoms with Gasteiger partial charge in [-0.1, -0.05) is 23.7 Å². The number of carbonyl (C=O) groups excluding carboxylic acids is 2. The minimum absolute atomic E-state index is 0.286. The Morgan fingerprint density at radius 2 is 1.72 bits per heavy atom. The number of hydrogen-bond acceptors (Lipinski definition) is 3. The molecule has 124 valence electrons. The van der Waals surface area contributed by atoms with Crippen molar-refractivity contribution >= 4 is 34.3 Å². The third-order valence-electron chi connectivity index (χ3n) is 4.45. The van der Waals surface area contributed by atoms with E-state index in [1.807, 2.05) is 0 Å². The summed E-state index contributed by atoms with van der Waals surface area (Å²) in [6.45, 7) is 1.70. The predicted molar refractivity (Wildman–Crippen MR) is 92.1 cm³/mol. The van der Waals surface area contributed by atoms with Crippen LogP contribution in [0.15, 0.2) is 48.7 Å². The van der Waals surface area contributed by atoms with E-state index in [1.54, 1.807) is 31.2 Å². The third kappa shape index (κ3) is 2.31. The Labute approximate surface area is 147 Å². The molecular weight excluding hydrogens is 343 g/mol. The highest BCUT2D eigenvalue weighted by Gasteiger charge is 2.39. The molecule has 0 saturated heterocycles. The Balaban J connectivity index is 1.81. The molecule has 0 radical (unpaired) electrons. The van der Waals surface area contributed by atoms with Gasteiger partial charge in [-0.15, -0.1) is 0 Å². The number of aromatic nitrogens is 1. The summed E-state index contributed by atoms with van der Waals surface area (Å²) >= 11 is 6.44. The van der Waals surface area contributed by atoms with E-state index in [9.17, 15) is 14.0 Å². The zero-order valence-corrected chi connectivity index (χ0v) is 13.9. The number of imide groups is 1. The smallest absolute Gasteiger partial charge is 0.262 e. The Kier molecular flexibility index (Phi) is 3.54. The minimum atomic E-state index is -0.625. The molecule has 4 nitrogen and oxygen atoms in total. The van der Waals surface area contributed by atoms with Crippen LogP contribution in [-0.2, 0) is 0 Å². The summed E-state index contributed by atoms with van der Waals surface area (Å²) < 4.78 is 13.5. The molecule has 1 aliphatic rings. The van der Waals surface area contributed by atoms with Crippen molar-refractivity contribution in [3.05, 3.63) is 76.2 Å². The zero-order chi connectivity index (χ0) is 17.7. The highest BCUT2D eigenvalue weighted by atomic mass is 35.5. The quantitative estimate of drug-likeness (QED) is 0.641. The lowest BCUT2D eigenvalue weighted by molar-refractivity contribution is 0.0595. The minimum Gasteiger partial charge on any atom is -0.269 e. The van der Waals surface area contributed by atoms with E-state index in [4.69, 9.17) is 11.6 Å². The predicted octanol–water partition coefficient (Wildman–Crippen LogP) is 4.38. The third-order valence-corrected chi connectivity index (χ3v) is 4.88. The number of fused-ring (bicyclic) bond motifs is 2. The topological polar surface area (TPSA) is 50.3 Å². The first kappa shape index (κ1) is 15.7. The summed E-state index contributed by atoms with van der Waals surface area (Å²) in [5.41, 5.74) is 1.78. The van der Waals surface area contributed by atoms with Crippen LogP contribution >= 0.6 is 11.6 Å². The molecule has 6 heteroatoms. The average Bonchev–Trinajstić information content (AvgIpc) is 2.87. The van der Waals surface area contributed by atoms with E-state index in [0.29, 0.717) is 27.6 Å². The molecule has 0 aliphatic carbocycles. The fourth-order valence-corrected chi connectivity index (χ4v) is 3.50. The molecule has 2 aromatic carbocycles. The standard InChI is InChI=1S/C19H12ClFN2O2/c1-10(23-18(24)12-4-2-3-5-13(12)19(23)25)15-9-22-16-7-6-11(21)8-14(16)17(15)20/h2-10H,1H3. The van der Waals surface area contributed by atoms with Crippen LogP contribution in [0.2, 0.25) is 5.02 Å². The molecule has 2 amide bonds. The summed E-state index contributed by atoms with van der Waals surface area (Å²) in [6.07, 6.45) is 1.52. The van der Waals surface area contributed by atoms with Crippen molar-refractivity contribution in [1.82, 2.24) is 9.88 Å². The maximum Gasteiger partial charge on any atom is 0.262 e. The maximum atomic E-state index is 13.5. The summed E-state index contributed by atoms with van der Waals surface area (Å²) in [5, 5.41) is 0.733. The van der Waals surface area contributed by atoms with Gasteiger partial charge in [0.2, 0.25) is 0 Å². The first-order chi connectivity index (χ1) is 12.0. The Hall–Kier alpha value is -2.79. The molecule has 1 atom stereocenters. The molecule has 4 rings (SSSR count). The first-order valence-corrected chi connectivity index (χ1v) is 8.07.